The zero-order chi connectivity index (χ0) is 15.5. The van der Waals surface area contributed by atoms with E-state index in [0.717, 1.165) is 29.5 Å². The Morgan fingerprint density at radius 2 is 1.91 bits per heavy atom. The maximum Gasteiger partial charge on any atom is 0.123 e. The maximum absolute atomic E-state index is 4.76. The molecule has 5 heteroatoms. The molecule has 0 atom stereocenters. The molecule has 0 amide bonds. The monoisotopic (exact) mass is 312 g/mol. The van der Waals surface area contributed by atoms with Crippen molar-refractivity contribution >= 4 is 11.3 Å². The fraction of sp³-hybridized carbons (Fsp3) is 0.294. The molecular formula is C17H20N4S. The van der Waals surface area contributed by atoms with Crippen molar-refractivity contribution in [2.45, 2.75) is 26.9 Å². The van der Waals surface area contributed by atoms with Crippen molar-refractivity contribution in [2.75, 3.05) is 7.05 Å². The van der Waals surface area contributed by atoms with Crippen molar-refractivity contribution < 1.29 is 0 Å². The van der Waals surface area contributed by atoms with Crippen LogP contribution in [-0.2, 0) is 13.1 Å². The summed E-state index contributed by atoms with van der Waals surface area (Å²) in [5.74, 6) is 0. The summed E-state index contributed by atoms with van der Waals surface area (Å²) in [6, 6.07) is 8.53. The van der Waals surface area contributed by atoms with Crippen molar-refractivity contribution in [1.29, 1.82) is 0 Å². The van der Waals surface area contributed by atoms with Crippen LogP contribution in [0.3, 0.4) is 0 Å². The number of hydrogen-bond acceptors (Lipinski definition) is 4. The second kappa shape index (κ2) is 6.42. The summed E-state index contributed by atoms with van der Waals surface area (Å²) >= 11 is 1.71. The summed E-state index contributed by atoms with van der Waals surface area (Å²) in [5, 5.41) is 10.3. The lowest BCUT2D eigenvalue weighted by molar-refractivity contribution is 0.315. The van der Waals surface area contributed by atoms with Crippen LogP contribution in [0.2, 0.25) is 0 Å². The molecule has 0 bridgehead atoms. The summed E-state index contributed by atoms with van der Waals surface area (Å²) in [6.45, 7) is 5.87. The van der Waals surface area contributed by atoms with Crippen molar-refractivity contribution in [3.05, 3.63) is 58.4 Å². The first-order valence-corrected chi connectivity index (χ1v) is 8.18. The molecule has 1 N–H and O–H groups in total. The van der Waals surface area contributed by atoms with Crippen LogP contribution in [0.15, 0.2) is 35.8 Å². The number of nitrogens with one attached hydrogen (secondary N) is 1. The number of benzene rings is 1. The zero-order valence-corrected chi connectivity index (χ0v) is 13.9. The molecule has 2 heterocycles. The average molecular weight is 312 g/mol. The highest BCUT2D eigenvalue weighted by molar-refractivity contribution is 7.13. The van der Waals surface area contributed by atoms with Gasteiger partial charge in [-0.15, -0.1) is 11.3 Å². The number of rotatable bonds is 5. The first-order valence-electron chi connectivity index (χ1n) is 7.30. The van der Waals surface area contributed by atoms with Gasteiger partial charge >= 0.3 is 0 Å². The molecule has 3 rings (SSSR count). The van der Waals surface area contributed by atoms with Gasteiger partial charge in [-0.3, -0.25) is 10.00 Å². The summed E-state index contributed by atoms with van der Waals surface area (Å²) < 4.78 is 0. The van der Waals surface area contributed by atoms with Crippen LogP contribution in [0.5, 0.6) is 0 Å². The van der Waals surface area contributed by atoms with Crippen LogP contribution in [0.1, 0.15) is 22.5 Å². The molecular weight excluding hydrogens is 292 g/mol. The van der Waals surface area contributed by atoms with Crippen molar-refractivity contribution in [2.24, 2.45) is 0 Å². The quantitative estimate of drug-likeness (QED) is 0.780. The normalized spacial score (nSPS) is 11.3. The van der Waals surface area contributed by atoms with Gasteiger partial charge in [-0.05, 0) is 20.9 Å². The SMILES string of the molecule is Cc1ccc(-c2nc(CN(C)Cc3cn[nH]c3C)cs2)cc1. The highest BCUT2D eigenvalue weighted by Crippen LogP contribution is 2.24. The number of aromatic nitrogens is 3. The predicted octanol–water partition coefficient (Wildman–Crippen LogP) is 3.78. The van der Waals surface area contributed by atoms with Gasteiger partial charge in [0, 0.05) is 35.3 Å². The van der Waals surface area contributed by atoms with Gasteiger partial charge in [0.25, 0.3) is 0 Å². The van der Waals surface area contributed by atoms with Gasteiger partial charge in [-0.1, -0.05) is 29.8 Å². The molecule has 4 nitrogen and oxygen atoms in total. The standard InChI is InChI=1S/C17H20N4S/c1-12-4-6-14(7-5-12)17-19-16(11-22-17)10-21(3)9-15-8-18-20-13(15)2/h4-8,11H,9-10H2,1-3H3,(H,18,20). The molecule has 22 heavy (non-hydrogen) atoms. The van der Waals surface area contributed by atoms with Gasteiger partial charge in [-0.25, -0.2) is 4.98 Å². The van der Waals surface area contributed by atoms with Crippen LogP contribution in [0, 0.1) is 13.8 Å². The molecule has 0 saturated carbocycles. The molecule has 3 aromatic rings. The Bertz CT molecular complexity index is 742. The van der Waals surface area contributed by atoms with E-state index in [1.165, 1.54) is 16.7 Å². The van der Waals surface area contributed by atoms with Crippen molar-refractivity contribution in [3.8, 4) is 10.6 Å². The van der Waals surface area contributed by atoms with E-state index in [1.54, 1.807) is 11.3 Å². The fourth-order valence-electron chi connectivity index (χ4n) is 2.37. The van der Waals surface area contributed by atoms with E-state index in [-0.39, 0.29) is 0 Å². The Hall–Kier alpha value is -1.98. The second-order valence-electron chi connectivity index (χ2n) is 5.70. The molecule has 0 aliphatic heterocycles. The number of nitrogens with zero attached hydrogens (tertiary/aromatic N) is 3. The number of thiazole rings is 1. The molecule has 2 aromatic heterocycles. The summed E-state index contributed by atoms with van der Waals surface area (Å²) in [7, 11) is 2.11. The highest BCUT2D eigenvalue weighted by Gasteiger charge is 2.09. The van der Waals surface area contributed by atoms with Crippen molar-refractivity contribution in [3.63, 3.8) is 0 Å². The molecule has 114 valence electrons. The Labute approximate surface area is 134 Å². The minimum absolute atomic E-state index is 0.840. The average Bonchev–Trinajstić information content (AvgIpc) is 3.10. The lowest BCUT2D eigenvalue weighted by atomic mass is 10.2. The smallest absolute Gasteiger partial charge is 0.123 e. The number of aryl methyl sites for hydroxylation is 2. The van der Waals surface area contributed by atoms with E-state index in [4.69, 9.17) is 4.98 Å². The van der Waals surface area contributed by atoms with Gasteiger partial charge < -0.3 is 0 Å². The predicted molar refractivity (Wildman–Crippen MR) is 90.8 cm³/mol. The van der Waals surface area contributed by atoms with Crippen LogP contribution in [-0.4, -0.2) is 27.1 Å². The Kier molecular flexibility index (Phi) is 4.36. The zero-order valence-electron chi connectivity index (χ0n) is 13.1. The minimum Gasteiger partial charge on any atom is -0.296 e. The third-order valence-electron chi connectivity index (χ3n) is 3.66. The molecule has 0 aliphatic carbocycles. The fourth-order valence-corrected chi connectivity index (χ4v) is 3.18. The molecule has 1 aromatic carbocycles. The van der Waals surface area contributed by atoms with Crippen molar-refractivity contribution in [1.82, 2.24) is 20.1 Å². The first-order chi connectivity index (χ1) is 10.6. The van der Waals surface area contributed by atoms with Crippen LogP contribution < -0.4 is 0 Å². The lowest BCUT2D eigenvalue weighted by Crippen LogP contribution is -2.17. The molecule has 0 spiro atoms. The topological polar surface area (TPSA) is 44.8 Å². The summed E-state index contributed by atoms with van der Waals surface area (Å²) in [6.07, 6.45) is 1.89. The molecule has 0 fully saturated rings. The van der Waals surface area contributed by atoms with E-state index >= 15 is 0 Å². The largest absolute Gasteiger partial charge is 0.296 e. The summed E-state index contributed by atoms with van der Waals surface area (Å²) in [5.41, 5.74) is 5.94. The summed E-state index contributed by atoms with van der Waals surface area (Å²) in [4.78, 5) is 7.01. The second-order valence-corrected chi connectivity index (χ2v) is 6.56. The highest BCUT2D eigenvalue weighted by atomic mass is 32.1. The Morgan fingerprint density at radius 3 is 2.59 bits per heavy atom. The van der Waals surface area contributed by atoms with Gasteiger partial charge in [-0.2, -0.15) is 5.10 Å². The minimum atomic E-state index is 0.840. The molecule has 0 radical (unpaired) electrons. The molecule has 0 unspecified atom stereocenters. The van der Waals surface area contributed by atoms with Crippen LogP contribution >= 0.6 is 11.3 Å². The van der Waals surface area contributed by atoms with Gasteiger partial charge in [0.2, 0.25) is 0 Å². The first kappa shape index (κ1) is 14.9. The van der Waals surface area contributed by atoms with Gasteiger partial charge in [0.15, 0.2) is 0 Å². The third kappa shape index (κ3) is 3.43. The number of hydrogen-bond donors (Lipinski definition) is 1. The van der Waals surface area contributed by atoms with E-state index in [1.807, 2.05) is 6.20 Å². The van der Waals surface area contributed by atoms with Gasteiger partial charge in [0.05, 0.1) is 11.9 Å². The number of H-pyrrole nitrogens is 1. The van der Waals surface area contributed by atoms with E-state index in [2.05, 4.69) is 65.6 Å². The van der Waals surface area contributed by atoms with Crippen LogP contribution in [0.4, 0.5) is 0 Å². The Morgan fingerprint density at radius 1 is 1.14 bits per heavy atom. The maximum atomic E-state index is 4.76. The Balaban J connectivity index is 1.66. The van der Waals surface area contributed by atoms with Gasteiger partial charge in [0.1, 0.15) is 5.01 Å². The molecule has 0 aliphatic rings. The van der Waals surface area contributed by atoms with E-state index < -0.39 is 0 Å². The van der Waals surface area contributed by atoms with E-state index in [0.29, 0.717) is 0 Å². The number of aromatic amines is 1. The third-order valence-corrected chi connectivity index (χ3v) is 4.60. The lowest BCUT2D eigenvalue weighted by Gasteiger charge is -2.14. The molecule has 0 saturated heterocycles. The van der Waals surface area contributed by atoms with E-state index in [9.17, 15) is 0 Å². The van der Waals surface area contributed by atoms with Crippen LogP contribution in [0.25, 0.3) is 10.6 Å².